The van der Waals surface area contributed by atoms with Crippen LogP contribution in [0, 0.1) is 5.82 Å². The molecule has 0 radical (unpaired) electrons. The van der Waals surface area contributed by atoms with Crippen molar-refractivity contribution in [3.8, 4) is 16.9 Å². The van der Waals surface area contributed by atoms with Crippen LogP contribution >= 0.6 is 0 Å². The number of rotatable bonds is 9. The minimum Gasteiger partial charge on any atom is -0.491 e. The average Bonchev–Trinajstić information content (AvgIpc) is 2.59. The number of carbonyl (C=O) groups is 1. The molecular formula is C20H23FO3. The molecule has 0 amide bonds. The molecule has 0 aliphatic carbocycles. The molecule has 0 heterocycles. The number of carboxylic acids is 1. The van der Waals surface area contributed by atoms with Gasteiger partial charge in [-0.25, -0.2) is 9.18 Å². The minimum atomic E-state index is -0.976. The first kappa shape index (κ1) is 18.0. The van der Waals surface area contributed by atoms with Crippen molar-refractivity contribution in [2.45, 2.75) is 39.0 Å². The molecule has 0 aromatic heterocycles. The Labute approximate surface area is 142 Å². The fourth-order valence-corrected chi connectivity index (χ4v) is 2.49. The van der Waals surface area contributed by atoms with Crippen molar-refractivity contribution in [3.05, 3.63) is 53.8 Å². The Morgan fingerprint density at radius 3 is 2.29 bits per heavy atom. The number of unbranched alkanes of at least 4 members (excludes halogenated alkanes) is 4. The maximum atomic E-state index is 14.2. The molecule has 0 unspecified atom stereocenters. The first-order chi connectivity index (χ1) is 11.6. The number of benzene rings is 2. The van der Waals surface area contributed by atoms with E-state index < -0.39 is 11.8 Å². The van der Waals surface area contributed by atoms with Crippen LogP contribution in [-0.4, -0.2) is 17.7 Å². The quantitative estimate of drug-likeness (QED) is 0.614. The highest BCUT2D eigenvalue weighted by Crippen LogP contribution is 2.26. The largest absolute Gasteiger partial charge is 0.491 e. The zero-order valence-electron chi connectivity index (χ0n) is 13.9. The standard InChI is InChI=1S/C20H23FO3/c1-2-3-4-5-6-13-24-19-12-11-17(14-18(19)21)15-7-9-16(10-8-15)20(22)23/h7-12,14H,2-6,13H2,1H3,(H,22,23). The molecule has 3 nitrogen and oxygen atoms in total. The van der Waals surface area contributed by atoms with Crippen LogP contribution < -0.4 is 4.74 Å². The van der Waals surface area contributed by atoms with E-state index in [1.807, 2.05) is 0 Å². The van der Waals surface area contributed by atoms with Crippen LogP contribution in [-0.2, 0) is 0 Å². The Balaban J connectivity index is 1.95. The molecule has 4 heteroatoms. The monoisotopic (exact) mass is 330 g/mol. The summed E-state index contributed by atoms with van der Waals surface area (Å²) in [5, 5.41) is 8.90. The highest BCUT2D eigenvalue weighted by Gasteiger charge is 2.08. The minimum absolute atomic E-state index is 0.210. The molecule has 0 atom stereocenters. The van der Waals surface area contributed by atoms with Crippen LogP contribution in [0.15, 0.2) is 42.5 Å². The topological polar surface area (TPSA) is 46.5 Å². The molecular weight excluding hydrogens is 307 g/mol. The zero-order chi connectivity index (χ0) is 17.4. The van der Waals surface area contributed by atoms with Crippen LogP contribution in [0.2, 0.25) is 0 Å². The summed E-state index contributed by atoms with van der Waals surface area (Å²) in [6, 6.07) is 11.2. The summed E-state index contributed by atoms with van der Waals surface area (Å²) in [7, 11) is 0. The van der Waals surface area contributed by atoms with E-state index >= 15 is 0 Å². The maximum Gasteiger partial charge on any atom is 0.335 e. The third kappa shape index (κ3) is 5.08. The van der Waals surface area contributed by atoms with Gasteiger partial charge in [0.15, 0.2) is 11.6 Å². The summed E-state index contributed by atoms with van der Waals surface area (Å²) in [5.41, 5.74) is 1.67. The molecule has 24 heavy (non-hydrogen) atoms. The molecule has 0 saturated heterocycles. The Morgan fingerprint density at radius 1 is 1.00 bits per heavy atom. The van der Waals surface area contributed by atoms with Crippen molar-refractivity contribution in [3.63, 3.8) is 0 Å². The van der Waals surface area contributed by atoms with Gasteiger partial charge in [0.05, 0.1) is 12.2 Å². The molecule has 0 aliphatic heterocycles. The lowest BCUT2D eigenvalue weighted by Crippen LogP contribution is -1.99. The van der Waals surface area contributed by atoms with Crippen molar-refractivity contribution in [2.75, 3.05) is 6.61 Å². The van der Waals surface area contributed by atoms with E-state index in [1.165, 1.54) is 37.5 Å². The van der Waals surface area contributed by atoms with Crippen LogP contribution in [0.25, 0.3) is 11.1 Å². The summed E-state index contributed by atoms with van der Waals surface area (Å²) >= 11 is 0. The number of aromatic carboxylic acids is 1. The second kappa shape index (κ2) is 9.06. The van der Waals surface area contributed by atoms with Gasteiger partial charge in [0.2, 0.25) is 0 Å². The van der Waals surface area contributed by atoms with Gasteiger partial charge in [0.25, 0.3) is 0 Å². The van der Waals surface area contributed by atoms with Crippen molar-refractivity contribution in [1.29, 1.82) is 0 Å². The molecule has 2 aromatic carbocycles. The molecule has 0 aliphatic rings. The Hall–Kier alpha value is -2.36. The average molecular weight is 330 g/mol. The first-order valence-corrected chi connectivity index (χ1v) is 8.38. The van der Waals surface area contributed by atoms with Crippen molar-refractivity contribution >= 4 is 5.97 Å². The molecule has 1 N–H and O–H groups in total. The van der Waals surface area contributed by atoms with Gasteiger partial charge < -0.3 is 9.84 Å². The SMILES string of the molecule is CCCCCCCOc1ccc(-c2ccc(C(=O)O)cc2)cc1F. The first-order valence-electron chi connectivity index (χ1n) is 8.38. The van der Waals surface area contributed by atoms with E-state index in [9.17, 15) is 9.18 Å². The van der Waals surface area contributed by atoms with Crippen LogP contribution in [0.1, 0.15) is 49.4 Å². The normalized spacial score (nSPS) is 10.6. The summed E-state index contributed by atoms with van der Waals surface area (Å²) in [4.78, 5) is 10.9. The van der Waals surface area contributed by atoms with E-state index in [1.54, 1.807) is 24.3 Å². The molecule has 0 fully saturated rings. The van der Waals surface area contributed by atoms with Crippen LogP contribution in [0.3, 0.4) is 0 Å². The fraction of sp³-hybridized carbons (Fsp3) is 0.350. The van der Waals surface area contributed by atoms with E-state index in [-0.39, 0.29) is 11.3 Å². The Morgan fingerprint density at radius 2 is 1.67 bits per heavy atom. The van der Waals surface area contributed by atoms with Gasteiger partial charge in [-0.15, -0.1) is 0 Å². The molecule has 0 saturated carbocycles. The van der Waals surface area contributed by atoms with Gasteiger partial charge in [-0.2, -0.15) is 0 Å². The number of halogens is 1. The van der Waals surface area contributed by atoms with Crippen LogP contribution in [0.4, 0.5) is 4.39 Å². The van der Waals surface area contributed by atoms with E-state index in [2.05, 4.69) is 6.92 Å². The molecule has 0 bridgehead atoms. The van der Waals surface area contributed by atoms with Crippen molar-refractivity contribution in [2.24, 2.45) is 0 Å². The predicted molar refractivity (Wildman–Crippen MR) is 93.0 cm³/mol. The molecule has 2 aromatic rings. The smallest absolute Gasteiger partial charge is 0.335 e. The van der Waals surface area contributed by atoms with Gasteiger partial charge in [-0.1, -0.05) is 50.8 Å². The summed E-state index contributed by atoms with van der Waals surface area (Å²) in [6.07, 6.45) is 5.64. The maximum absolute atomic E-state index is 14.2. The molecule has 128 valence electrons. The van der Waals surface area contributed by atoms with E-state index in [0.29, 0.717) is 12.2 Å². The molecule has 2 rings (SSSR count). The Bertz CT molecular complexity index is 665. The Kier molecular flexibility index (Phi) is 6.79. The number of hydrogen-bond acceptors (Lipinski definition) is 2. The number of hydrogen-bond donors (Lipinski definition) is 1. The number of ether oxygens (including phenoxy) is 1. The van der Waals surface area contributed by atoms with Gasteiger partial charge in [-0.05, 0) is 41.8 Å². The lowest BCUT2D eigenvalue weighted by molar-refractivity contribution is 0.0697. The lowest BCUT2D eigenvalue weighted by Gasteiger charge is -2.09. The lowest BCUT2D eigenvalue weighted by atomic mass is 10.0. The van der Waals surface area contributed by atoms with Gasteiger partial charge >= 0.3 is 5.97 Å². The van der Waals surface area contributed by atoms with Crippen molar-refractivity contribution in [1.82, 2.24) is 0 Å². The van der Waals surface area contributed by atoms with E-state index in [0.717, 1.165) is 18.4 Å². The third-order valence-corrected chi connectivity index (χ3v) is 3.90. The van der Waals surface area contributed by atoms with Crippen molar-refractivity contribution < 1.29 is 19.0 Å². The van der Waals surface area contributed by atoms with E-state index in [4.69, 9.17) is 9.84 Å². The second-order valence-corrected chi connectivity index (χ2v) is 5.79. The fourth-order valence-electron chi connectivity index (χ4n) is 2.49. The summed E-state index contributed by atoms with van der Waals surface area (Å²) in [5.74, 6) is -1.12. The van der Waals surface area contributed by atoms with Gasteiger partial charge in [-0.3, -0.25) is 0 Å². The summed E-state index contributed by atoms with van der Waals surface area (Å²) < 4.78 is 19.7. The summed E-state index contributed by atoms with van der Waals surface area (Å²) in [6.45, 7) is 2.69. The van der Waals surface area contributed by atoms with Gasteiger partial charge in [0, 0.05) is 0 Å². The number of carboxylic acid groups (broad SMARTS) is 1. The predicted octanol–water partition coefficient (Wildman–Crippen LogP) is 5.54. The highest BCUT2D eigenvalue weighted by atomic mass is 19.1. The highest BCUT2D eigenvalue weighted by molar-refractivity contribution is 5.88. The van der Waals surface area contributed by atoms with Gasteiger partial charge in [0.1, 0.15) is 0 Å². The molecule has 0 spiro atoms. The second-order valence-electron chi connectivity index (χ2n) is 5.79. The van der Waals surface area contributed by atoms with Crippen LogP contribution in [0.5, 0.6) is 5.75 Å². The zero-order valence-corrected chi connectivity index (χ0v) is 13.9. The third-order valence-electron chi connectivity index (χ3n) is 3.90.